The molecule has 21 heavy (non-hydrogen) atoms. The number of nitrogens with zero attached hydrogens (tertiary/aromatic N) is 2. The van der Waals surface area contributed by atoms with Crippen LogP contribution in [-0.2, 0) is 0 Å². The lowest BCUT2D eigenvalue weighted by Crippen LogP contribution is -2.15. The molecule has 0 aliphatic rings. The molecule has 2 heterocycles. The summed E-state index contributed by atoms with van der Waals surface area (Å²) >= 11 is 0. The van der Waals surface area contributed by atoms with Crippen LogP contribution in [0.4, 0.5) is 11.6 Å². The molecule has 0 radical (unpaired) electrons. The highest BCUT2D eigenvalue weighted by Crippen LogP contribution is 2.17. The molecule has 0 amide bonds. The van der Waals surface area contributed by atoms with E-state index in [0.29, 0.717) is 22.5 Å². The summed E-state index contributed by atoms with van der Waals surface area (Å²) in [7, 11) is 0. The number of hydrogen-bond donors (Lipinski definition) is 3. The van der Waals surface area contributed by atoms with E-state index in [0.717, 1.165) is 5.56 Å². The van der Waals surface area contributed by atoms with Gasteiger partial charge in [0.15, 0.2) is 0 Å². The first-order valence-electron chi connectivity index (χ1n) is 6.59. The second kappa shape index (κ2) is 5.24. The smallest absolute Gasteiger partial charge is 0.260 e. The van der Waals surface area contributed by atoms with Gasteiger partial charge < -0.3 is 11.1 Å². The van der Waals surface area contributed by atoms with Crippen molar-refractivity contribution in [1.29, 1.82) is 0 Å². The lowest BCUT2D eigenvalue weighted by Gasteiger charge is -2.14. The zero-order valence-corrected chi connectivity index (χ0v) is 11.5. The van der Waals surface area contributed by atoms with Crippen molar-refractivity contribution in [3.05, 3.63) is 58.6 Å². The molecule has 6 nitrogen and oxygen atoms in total. The van der Waals surface area contributed by atoms with E-state index in [1.807, 2.05) is 19.1 Å². The van der Waals surface area contributed by atoms with Gasteiger partial charge in [-0.15, -0.1) is 0 Å². The monoisotopic (exact) mass is 281 g/mol. The molecule has 2 aromatic heterocycles. The van der Waals surface area contributed by atoms with E-state index in [9.17, 15) is 4.79 Å². The van der Waals surface area contributed by atoms with E-state index in [4.69, 9.17) is 5.73 Å². The number of hydrogen-bond acceptors (Lipinski definition) is 5. The van der Waals surface area contributed by atoms with Gasteiger partial charge in [-0.1, -0.05) is 0 Å². The minimum atomic E-state index is -0.211. The number of benzene rings is 1. The predicted octanol–water partition coefficient (Wildman–Crippen LogP) is 2.07. The molecule has 0 aliphatic heterocycles. The molecule has 0 fully saturated rings. The number of aromatic amines is 1. The predicted molar refractivity (Wildman–Crippen MR) is 83.1 cm³/mol. The number of nitrogens with one attached hydrogen (secondary N) is 2. The van der Waals surface area contributed by atoms with Crippen LogP contribution in [0.5, 0.6) is 0 Å². The van der Waals surface area contributed by atoms with Gasteiger partial charge in [-0.05, 0) is 42.8 Å². The lowest BCUT2D eigenvalue weighted by molar-refractivity contribution is 0.858. The molecule has 6 heteroatoms. The summed E-state index contributed by atoms with van der Waals surface area (Å²) < 4.78 is 0. The zero-order chi connectivity index (χ0) is 14.8. The van der Waals surface area contributed by atoms with Crippen LogP contribution in [0, 0.1) is 0 Å². The summed E-state index contributed by atoms with van der Waals surface area (Å²) in [4.78, 5) is 23.2. The van der Waals surface area contributed by atoms with E-state index in [-0.39, 0.29) is 11.6 Å². The Balaban J connectivity index is 1.95. The van der Waals surface area contributed by atoms with Gasteiger partial charge in [-0.25, -0.2) is 4.98 Å². The molecule has 3 rings (SSSR count). The fraction of sp³-hybridized carbons (Fsp3) is 0.133. The van der Waals surface area contributed by atoms with E-state index in [1.165, 1.54) is 0 Å². The SMILES string of the molecule is CC(Nc1nc2ccc(N)cc2c(=O)[nH]1)c1ccncc1. The van der Waals surface area contributed by atoms with Crippen LogP contribution in [-0.4, -0.2) is 15.0 Å². The molecular weight excluding hydrogens is 266 g/mol. The van der Waals surface area contributed by atoms with Gasteiger partial charge in [-0.2, -0.15) is 0 Å². The van der Waals surface area contributed by atoms with Crippen LogP contribution in [0.3, 0.4) is 0 Å². The van der Waals surface area contributed by atoms with Crippen LogP contribution < -0.4 is 16.6 Å². The van der Waals surface area contributed by atoms with Gasteiger partial charge >= 0.3 is 0 Å². The third kappa shape index (κ3) is 2.69. The van der Waals surface area contributed by atoms with Crippen molar-refractivity contribution in [3.63, 3.8) is 0 Å². The first-order chi connectivity index (χ1) is 10.1. The van der Waals surface area contributed by atoms with Crippen molar-refractivity contribution in [2.24, 2.45) is 0 Å². The normalized spacial score (nSPS) is 12.2. The number of aromatic nitrogens is 3. The number of nitrogens with two attached hydrogens (primary N) is 1. The third-order valence-corrected chi connectivity index (χ3v) is 3.29. The molecule has 1 unspecified atom stereocenters. The maximum absolute atomic E-state index is 12.1. The Hall–Kier alpha value is -2.89. The van der Waals surface area contributed by atoms with Crippen molar-refractivity contribution < 1.29 is 0 Å². The number of rotatable bonds is 3. The van der Waals surface area contributed by atoms with Crippen molar-refractivity contribution in [2.75, 3.05) is 11.1 Å². The van der Waals surface area contributed by atoms with Crippen molar-refractivity contribution in [3.8, 4) is 0 Å². The fourth-order valence-corrected chi connectivity index (χ4v) is 2.17. The van der Waals surface area contributed by atoms with Gasteiger partial charge in [-0.3, -0.25) is 14.8 Å². The van der Waals surface area contributed by atoms with Gasteiger partial charge in [0.1, 0.15) is 0 Å². The lowest BCUT2D eigenvalue weighted by atomic mass is 10.1. The Morgan fingerprint density at radius 3 is 2.76 bits per heavy atom. The highest BCUT2D eigenvalue weighted by atomic mass is 16.1. The number of fused-ring (bicyclic) bond motifs is 1. The van der Waals surface area contributed by atoms with E-state index in [1.54, 1.807) is 30.6 Å². The molecule has 1 atom stereocenters. The Morgan fingerprint density at radius 1 is 1.24 bits per heavy atom. The van der Waals surface area contributed by atoms with E-state index < -0.39 is 0 Å². The number of pyridine rings is 1. The fourth-order valence-electron chi connectivity index (χ4n) is 2.17. The largest absolute Gasteiger partial charge is 0.399 e. The van der Waals surface area contributed by atoms with Crippen LogP contribution >= 0.6 is 0 Å². The standard InChI is InChI=1S/C15H15N5O/c1-9(10-4-6-17-7-5-10)18-15-19-13-3-2-11(16)8-12(13)14(21)20-15/h2-9H,16H2,1H3,(H2,18,19,20,21). The van der Waals surface area contributed by atoms with Crippen molar-refractivity contribution >= 4 is 22.5 Å². The molecule has 0 spiro atoms. The summed E-state index contributed by atoms with van der Waals surface area (Å²) in [6.07, 6.45) is 3.46. The Kier molecular flexibility index (Phi) is 3.27. The van der Waals surface area contributed by atoms with Crippen molar-refractivity contribution in [1.82, 2.24) is 15.0 Å². The summed E-state index contributed by atoms with van der Waals surface area (Å²) in [5.74, 6) is 0.432. The number of anilines is 2. The van der Waals surface area contributed by atoms with Crippen LogP contribution in [0.15, 0.2) is 47.5 Å². The van der Waals surface area contributed by atoms with E-state index in [2.05, 4.69) is 20.3 Å². The number of H-pyrrole nitrogens is 1. The molecule has 106 valence electrons. The van der Waals surface area contributed by atoms with Crippen molar-refractivity contribution in [2.45, 2.75) is 13.0 Å². The quantitative estimate of drug-likeness (QED) is 0.639. The minimum absolute atomic E-state index is 0.00221. The molecule has 4 N–H and O–H groups in total. The first-order valence-corrected chi connectivity index (χ1v) is 6.59. The molecular formula is C15H15N5O. The van der Waals surface area contributed by atoms with Crippen LogP contribution in [0.1, 0.15) is 18.5 Å². The Morgan fingerprint density at radius 2 is 2.00 bits per heavy atom. The van der Waals surface area contributed by atoms with Gasteiger partial charge in [0.2, 0.25) is 5.95 Å². The van der Waals surface area contributed by atoms with Crippen LogP contribution in [0.2, 0.25) is 0 Å². The summed E-state index contributed by atoms with van der Waals surface area (Å²) in [6.45, 7) is 1.99. The molecule has 0 saturated carbocycles. The third-order valence-electron chi connectivity index (χ3n) is 3.29. The minimum Gasteiger partial charge on any atom is -0.399 e. The molecule has 3 aromatic rings. The van der Waals surface area contributed by atoms with Gasteiger partial charge in [0.25, 0.3) is 5.56 Å². The average Bonchev–Trinajstić information content (AvgIpc) is 2.49. The van der Waals surface area contributed by atoms with Gasteiger partial charge in [0, 0.05) is 18.1 Å². The summed E-state index contributed by atoms with van der Waals surface area (Å²) in [5.41, 5.74) is 7.69. The molecule has 0 saturated heterocycles. The maximum Gasteiger partial charge on any atom is 0.260 e. The average molecular weight is 281 g/mol. The highest BCUT2D eigenvalue weighted by molar-refractivity contribution is 5.81. The van der Waals surface area contributed by atoms with E-state index >= 15 is 0 Å². The highest BCUT2D eigenvalue weighted by Gasteiger charge is 2.08. The second-order valence-electron chi connectivity index (χ2n) is 4.84. The number of nitrogen functional groups attached to an aromatic ring is 1. The summed E-state index contributed by atoms with van der Waals surface area (Å²) in [5, 5.41) is 3.66. The van der Waals surface area contributed by atoms with Crippen LogP contribution in [0.25, 0.3) is 10.9 Å². The van der Waals surface area contributed by atoms with Gasteiger partial charge in [0.05, 0.1) is 16.9 Å². The summed E-state index contributed by atoms with van der Waals surface area (Å²) in [6, 6.07) is 8.92. The zero-order valence-electron chi connectivity index (χ0n) is 11.5. The molecule has 0 aliphatic carbocycles. The Bertz CT molecular complexity index is 828. The molecule has 1 aromatic carbocycles. The second-order valence-corrected chi connectivity index (χ2v) is 4.84. The first kappa shape index (κ1) is 13.1. The Labute approximate surface area is 121 Å². The topological polar surface area (TPSA) is 96.7 Å². The maximum atomic E-state index is 12.1. The molecule has 0 bridgehead atoms.